The standard InChI is InChI=1S/C19H18ClNO5S/c20-16-8-7-15(10-18(16)27(21,24)25)19(23)26-11-17(22)14-6-5-12-3-1-2-4-13(12)9-14/h5-10H,1-4,11H2,(H2,21,24,25). The maximum atomic E-state index is 12.3. The Kier molecular flexibility index (Phi) is 5.64. The van der Waals surface area contributed by atoms with Crippen molar-refractivity contribution in [3.8, 4) is 0 Å². The molecule has 2 aromatic carbocycles. The number of halogens is 1. The molecular weight excluding hydrogens is 390 g/mol. The fourth-order valence-corrected chi connectivity index (χ4v) is 4.12. The van der Waals surface area contributed by atoms with Gasteiger partial charge in [-0.25, -0.2) is 18.4 Å². The van der Waals surface area contributed by atoms with Crippen molar-refractivity contribution in [2.75, 3.05) is 6.61 Å². The minimum atomic E-state index is -4.08. The molecule has 0 radical (unpaired) electrons. The molecule has 142 valence electrons. The van der Waals surface area contributed by atoms with E-state index in [0.717, 1.165) is 37.3 Å². The SMILES string of the molecule is NS(=O)(=O)c1cc(C(=O)OCC(=O)c2ccc3c(c2)CCCC3)ccc1Cl. The smallest absolute Gasteiger partial charge is 0.338 e. The normalized spacial score (nSPS) is 13.7. The first kappa shape index (κ1) is 19.5. The van der Waals surface area contributed by atoms with E-state index in [2.05, 4.69) is 0 Å². The molecule has 8 heteroatoms. The summed E-state index contributed by atoms with van der Waals surface area (Å²) in [6.45, 7) is -0.440. The van der Waals surface area contributed by atoms with E-state index in [0.29, 0.717) is 5.56 Å². The number of hydrogen-bond donors (Lipinski definition) is 1. The number of carbonyl (C=O) groups excluding carboxylic acids is 2. The number of esters is 1. The number of ether oxygens (including phenoxy) is 1. The van der Waals surface area contributed by atoms with Gasteiger partial charge < -0.3 is 4.74 Å². The van der Waals surface area contributed by atoms with Gasteiger partial charge in [0.1, 0.15) is 4.90 Å². The molecule has 6 nitrogen and oxygen atoms in total. The summed E-state index contributed by atoms with van der Waals surface area (Å²) in [6.07, 6.45) is 4.21. The van der Waals surface area contributed by atoms with Crippen LogP contribution in [-0.4, -0.2) is 26.8 Å². The quantitative estimate of drug-likeness (QED) is 0.606. The van der Waals surface area contributed by atoms with E-state index in [-0.39, 0.29) is 21.3 Å². The Labute approximate surface area is 162 Å². The summed E-state index contributed by atoms with van der Waals surface area (Å²) in [6, 6.07) is 9.12. The Balaban J connectivity index is 1.70. The van der Waals surface area contributed by atoms with Crippen molar-refractivity contribution in [1.29, 1.82) is 0 Å². The Hall–Kier alpha value is -2.22. The van der Waals surface area contributed by atoms with E-state index in [9.17, 15) is 18.0 Å². The summed E-state index contributed by atoms with van der Waals surface area (Å²) in [7, 11) is -4.08. The summed E-state index contributed by atoms with van der Waals surface area (Å²) in [4.78, 5) is 24.1. The highest BCUT2D eigenvalue weighted by Crippen LogP contribution is 2.23. The number of benzene rings is 2. The van der Waals surface area contributed by atoms with Crippen molar-refractivity contribution in [2.45, 2.75) is 30.6 Å². The molecule has 0 unspecified atom stereocenters. The number of rotatable bonds is 5. The lowest BCUT2D eigenvalue weighted by molar-refractivity contribution is 0.0474. The first-order chi connectivity index (χ1) is 12.8. The van der Waals surface area contributed by atoms with Gasteiger partial charge in [-0.1, -0.05) is 23.7 Å². The molecule has 0 saturated carbocycles. The van der Waals surface area contributed by atoms with Crippen molar-refractivity contribution in [3.63, 3.8) is 0 Å². The number of primary sulfonamides is 1. The van der Waals surface area contributed by atoms with Crippen LogP contribution in [0.1, 0.15) is 44.7 Å². The second-order valence-corrected chi connectivity index (χ2v) is 8.32. The zero-order valence-electron chi connectivity index (χ0n) is 14.4. The predicted molar refractivity (Wildman–Crippen MR) is 101 cm³/mol. The summed E-state index contributed by atoms with van der Waals surface area (Å²) in [5.74, 6) is -1.15. The van der Waals surface area contributed by atoms with Crippen molar-refractivity contribution in [2.24, 2.45) is 5.14 Å². The number of hydrogen-bond acceptors (Lipinski definition) is 5. The molecule has 0 amide bonds. The molecule has 27 heavy (non-hydrogen) atoms. The molecule has 2 aromatic rings. The third-order valence-corrected chi connectivity index (χ3v) is 5.87. The highest BCUT2D eigenvalue weighted by Gasteiger charge is 2.19. The van der Waals surface area contributed by atoms with Crippen LogP contribution in [0, 0.1) is 0 Å². The second-order valence-electron chi connectivity index (χ2n) is 6.38. The second kappa shape index (κ2) is 7.80. The van der Waals surface area contributed by atoms with Gasteiger partial charge >= 0.3 is 5.97 Å². The van der Waals surface area contributed by atoms with Crippen LogP contribution < -0.4 is 5.14 Å². The van der Waals surface area contributed by atoms with Crippen molar-refractivity contribution in [1.82, 2.24) is 0 Å². The average Bonchev–Trinajstić information content (AvgIpc) is 2.64. The fraction of sp³-hybridized carbons (Fsp3) is 0.263. The number of ketones is 1. The molecular formula is C19H18ClNO5S. The molecule has 2 N–H and O–H groups in total. The van der Waals surface area contributed by atoms with Crippen LogP contribution in [0.5, 0.6) is 0 Å². The maximum absolute atomic E-state index is 12.3. The number of carbonyl (C=O) groups is 2. The lowest BCUT2D eigenvalue weighted by Gasteiger charge is -2.16. The predicted octanol–water partition coefficient (Wildman–Crippen LogP) is 2.91. The molecule has 1 aliphatic carbocycles. The molecule has 0 saturated heterocycles. The molecule has 0 spiro atoms. The van der Waals surface area contributed by atoms with Gasteiger partial charge in [0.2, 0.25) is 10.0 Å². The Morgan fingerprint density at radius 1 is 1.00 bits per heavy atom. The van der Waals surface area contributed by atoms with Gasteiger partial charge in [-0.3, -0.25) is 4.79 Å². The van der Waals surface area contributed by atoms with Gasteiger partial charge in [0.25, 0.3) is 0 Å². The largest absolute Gasteiger partial charge is 0.454 e. The van der Waals surface area contributed by atoms with Crippen LogP contribution in [0.3, 0.4) is 0 Å². The van der Waals surface area contributed by atoms with Crippen LogP contribution in [0.2, 0.25) is 5.02 Å². The van der Waals surface area contributed by atoms with Crippen molar-refractivity contribution < 1.29 is 22.7 Å². The number of sulfonamides is 1. The highest BCUT2D eigenvalue weighted by molar-refractivity contribution is 7.89. The van der Waals surface area contributed by atoms with Gasteiger partial charge in [0, 0.05) is 5.56 Å². The van der Waals surface area contributed by atoms with E-state index in [1.807, 2.05) is 12.1 Å². The number of aryl methyl sites for hydroxylation is 2. The van der Waals surface area contributed by atoms with E-state index >= 15 is 0 Å². The van der Waals surface area contributed by atoms with Crippen LogP contribution in [-0.2, 0) is 27.6 Å². The topological polar surface area (TPSA) is 104 Å². The van der Waals surface area contributed by atoms with Gasteiger partial charge in [-0.15, -0.1) is 0 Å². The third-order valence-electron chi connectivity index (χ3n) is 4.48. The average molecular weight is 408 g/mol. The minimum absolute atomic E-state index is 0.0540. The first-order valence-corrected chi connectivity index (χ1v) is 10.3. The van der Waals surface area contributed by atoms with Gasteiger partial charge in [-0.2, -0.15) is 0 Å². The highest BCUT2D eigenvalue weighted by atomic mass is 35.5. The summed E-state index contributed by atoms with van der Waals surface area (Å²) >= 11 is 5.79. The minimum Gasteiger partial charge on any atom is -0.454 e. The van der Waals surface area contributed by atoms with Gasteiger partial charge in [-0.05, 0) is 61.1 Å². The number of fused-ring (bicyclic) bond motifs is 1. The Bertz CT molecular complexity index is 1020. The summed E-state index contributed by atoms with van der Waals surface area (Å²) in [5, 5.41) is 4.96. The zero-order chi connectivity index (χ0) is 19.6. The molecule has 3 rings (SSSR count). The van der Waals surface area contributed by atoms with Crippen LogP contribution in [0.15, 0.2) is 41.3 Å². The Morgan fingerprint density at radius 2 is 1.67 bits per heavy atom. The lowest BCUT2D eigenvalue weighted by Crippen LogP contribution is -2.17. The summed E-state index contributed by atoms with van der Waals surface area (Å²) in [5.41, 5.74) is 2.85. The maximum Gasteiger partial charge on any atom is 0.338 e. The molecule has 0 aliphatic heterocycles. The molecule has 0 heterocycles. The fourth-order valence-electron chi connectivity index (χ4n) is 3.05. The van der Waals surface area contributed by atoms with Crippen LogP contribution in [0.4, 0.5) is 0 Å². The van der Waals surface area contributed by atoms with Gasteiger partial charge in [0.15, 0.2) is 12.4 Å². The van der Waals surface area contributed by atoms with E-state index < -0.39 is 22.6 Å². The van der Waals surface area contributed by atoms with Crippen molar-refractivity contribution in [3.05, 3.63) is 63.7 Å². The van der Waals surface area contributed by atoms with E-state index in [4.69, 9.17) is 21.5 Å². The van der Waals surface area contributed by atoms with Gasteiger partial charge in [0.05, 0.1) is 10.6 Å². The van der Waals surface area contributed by atoms with Crippen LogP contribution in [0.25, 0.3) is 0 Å². The first-order valence-electron chi connectivity index (χ1n) is 8.40. The van der Waals surface area contributed by atoms with E-state index in [1.165, 1.54) is 17.7 Å². The number of nitrogens with two attached hydrogens (primary N) is 1. The van der Waals surface area contributed by atoms with Crippen molar-refractivity contribution >= 4 is 33.4 Å². The molecule has 0 aromatic heterocycles. The third kappa shape index (κ3) is 4.55. The lowest BCUT2D eigenvalue weighted by atomic mass is 9.90. The molecule has 0 atom stereocenters. The number of Topliss-reactive ketones (excluding diaryl/α,β-unsaturated/α-hetero) is 1. The molecule has 0 bridgehead atoms. The Morgan fingerprint density at radius 3 is 2.37 bits per heavy atom. The zero-order valence-corrected chi connectivity index (χ0v) is 16.0. The van der Waals surface area contributed by atoms with Crippen LogP contribution >= 0.6 is 11.6 Å². The van der Waals surface area contributed by atoms with E-state index in [1.54, 1.807) is 6.07 Å². The monoisotopic (exact) mass is 407 g/mol. The molecule has 1 aliphatic rings. The molecule has 0 fully saturated rings. The summed E-state index contributed by atoms with van der Waals surface area (Å²) < 4.78 is 28.0.